The number of nitrogens with one attached hydrogen (secondary N) is 3. The van der Waals surface area contributed by atoms with Gasteiger partial charge in [-0.25, -0.2) is 9.78 Å². The van der Waals surface area contributed by atoms with E-state index in [0.717, 1.165) is 11.3 Å². The van der Waals surface area contributed by atoms with E-state index in [0.29, 0.717) is 24.7 Å². The molecule has 0 spiro atoms. The second-order valence-corrected chi connectivity index (χ2v) is 4.05. The number of aromatic amines is 1. The first-order chi connectivity index (χ1) is 9.72. The first-order valence-electron chi connectivity index (χ1n) is 6.30. The van der Waals surface area contributed by atoms with Crippen molar-refractivity contribution in [3.63, 3.8) is 0 Å². The number of carbonyl (C=O) groups excluding carboxylic acids is 1. The molecule has 7 nitrogen and oxygen atoms in total. The Hall–Kier alpha value is -2.57. The van der Waals surface area contributed by atoms with Gasteiger partial charge in [-0.1, -0.05) is 0 Å². The Morgan fingerprint density at radius 2 is 2.05 bits per heavy atom. The van der Waals surface area contributed by atoms with Crippen LogP contribution in [0.2, 0.25) is 0 Å². The van der Waals surface area contributed by atoms with Crippen molar-refractivity contribution in [3.05, 3.63) is 30.1 Å². The van der Waals surface area contributed by atoms with Gasteiger partial charge in [0, 0.05) is 12.1 Å². The average molecular weight is 275 g/mol. The van der Waals surface area contributed by atoms with Gasteiger partial charge in [0.05, 0.1) is 13.7 Å². The molecular formula is C13H17N5O2. The zero-order valence-electron chi connectivity index (χ0n) is 11.4. The number of benzene rings is 1. The molecule has 7 heteroatoms. The van der Waals surface area contributed by atoms with E-state index in [1.165, 1.54) is 0 Å². The Morgan fingerprint density at radius 3 is 2.70 bits per heavy atom. The Balaban J connectivity index is 1.99. The summed E-state index contributed by atoms with van der Waals surface area (Å²) in [6.45, 7) is 2.74. The molecule has 2 aromatic rings. The molecule has 0 radical (unpaired) electrons. The number of H-pyrrole nitrogens is 1. The highest BCUT2D eigenvalue weighted by Gasteiger charge is 2.07. The van der Waals surface area contributed by atoms with Crippen LogP contribution in [0.15, 0.2) is 24.3 Å². The van der Waals surface area contributed by atoms with E-state index in [4.69, 9.17) is 4.74 Å². The third-order valence-electron chi connectivity index (χ3n) is 2.63. The molecule has 0 aliphatic rings. The van der Waals surface area contributed by atoms with Crippen LogP contribution in [0.1, 0.15) is 12.7 Å². The van der Waals surface area contributed by atoms with E-state index in [1.54, 1.807) is 7.11 Å². The zero-order chi connectivity index (χ0) is 14.4. The molecule has 2 amide bonds. The minimum Gasteiger partial charge on any atom is -0.497 e. The highest BCUT2D eigenvalue weighted by atomic mass is 16.5. The normalized spacial score (nSPS) is 10.1. The Bertz CT molecular complexity index is 564. The van der Waals surface area contributed by atoms with Crippen LogP contribution in [0.3, 0.4) is 0 Å². The number of nitrogens with zero attached hydrogens (tertiary/aromatic N) is 2. The number of methoxy groups -OCH3 is 1. The fraction of sp³-hybridized carbons (Fsp3) is 0.308. The van der Waals surface area contributed by atoms with Gasteiger partial charge in [0.1, 0.15) is 11.6 Å². The fourth-order valence-electron chi connectivity index (χ4n) is 1.63. The lowest BCUT2D eigenvalue weighted by molar-refractivity contribution is 0.241. The highest BCUT2D eigenvalue weighted by molar-refractivity contribution is 5.73. The summed E-state index contributed by atoms with van der Waals surface area (Å²) in [6, 6.07) is 7.22. The molecule has 1 aromatic heterocycles. The van der Waals surface area contributed by atoms with Crippen molar-refractivity contribution in [1.82, 2.24) is 25.8 Å². The van der Waals surface area contributed by atoms with Gasteiger partial charge in [0.2, 0.25) is 0 Å². The second-order valence-electron chi connectivity index (χ2n) is 4.05. The minimum atomic E-state index is -0.227. The highest BCUT2D eigenvalue weighted by Crippen LogP contribution is 2.18. The fourth-order valence-corrected chi connectivity index (χ4v) is 1.63. The molecule has 2 rings (SSSR count). The molecule has 106 valence electrons. The number of amides is 2. The van der Waals surface area contributed by atoms with Gasteiger partial charge in [0.15, 0.2) is 5.82 Å². The molecule has 0 saturated carbocycles. The number of rotatable bonds is 5. The van der Waals surface area contributed by atoms with Crippen molar-refractivity contribution >= 4 is 6.03 Å². The van der Waals surface area contributed by atoms with Crippen LogP contribution in [-0.2, 0) is 6.54 Å². The average Bonchev–Trinajstić information content (AvgIpc) is 2.94. The van der Waals surface area contributed by atoms with Crippen molar-refractivity contribution < 1.29 is 9.53 Å². The molecule has 20 heavy (non-hydrogen) atoms. The van der Waals surface area contributed by atoms with Crippen LogP contribution in [0.5, 0.6) is 5.75 Å². The summed E-state index contributed by atoms with van der Waals surface area (Å²) in [5, 5.41) is 12.2. The van der Waals surface area contributed by atoms with Crippen LogP contribution in [0, 0.1) is 0 Å². The Kier molecular flexibility index (Phi) is 4.54. The van der Waals surface area contributed by atoms with Gasteiger partial charge >= 0.3 is 6.03 Å². The quantitative estimate of drug-likeness (QED) is 0.767. The van der Waals surface area contributed by atoms with Gasteiger partial charge in [0.25, 0.3) is 0 Å². The van der Waals surface area contributed by atoms with Gasteiger partial charge in [-0.05, 0) is 31.2 Å². The molecule has 0 unspecified atom stereocenters. The predicted octanol–water partition coefficient (Wildman–Crippen LogP) is 1.30. The molecule has 1 aromatic carbocycles. The van der Waals surface area contributed by atoms with Gasteiger partial charge in [-0.15, -0.1) is 0 Å². The number of hydrogen-bond acceptors (Lipinski definition) is 4. The van der Waals surface area contributed by atoms with Crippen LogP contribution in [0.25, 0.3) is 11.4 Å². The first-order valence-corrected chi connectivity index (χ1v) is 6.30. The minimum absolute atomic E-state index is 0.227. The van der Waals surface area contributed by atoms with E-state index in [9.17, 15) is 4.79 Å². The number of ether oxygens (including phenoxy) is 1. The maximum atomic E-state index is 11.3. The number of aromatic nitrogens is 3. The third-order valence-corrected chi connectivity index (χ3v) is 2.63. The van der Waals surface area contributed by atoms with Crippen molar-refractivity contribution in [2.45, 2.75) is 13.5 Å². The van der Waals surface area contributed by atoms with Gasteiger partial charge < -0.3 is 15.4 Å². The summed E-state index contributed by atoms with van der Waals surface area (Å²) in [5.74, 6) is 1.96. The van der Waals surface area contributed by atoms with Crippen molar-refractivity contribution in [2.75, 3.05) is 13.7 Å². The molecule has 1 heterocycles. The van der Waals surface area contributed by atoms with E-state index in [-0.39, 0.29) is 6.03 Å². The second kappa shape index (κ2) is 6.55. The SMILES string of the molecule is CCNC(=O)NCc1nc(-c2ccc(OC)cc2)n[nH]1. The molecular weight excluding hydrogens is 258 g/mol. The van der Waals surface area contributed by atoms with E-state index >= 15 is 0 Å². The van der Waals surface area contributed by atoms with Crippen LogP contribution < -0.4 is 15.4 Å². The molecule has 3 N–H and O–H groups in total. The largest absolute Gasteiger partial charge is 0.497 e. The number of carbonyl (C=O) groups is 1. The molecule has 0 bridgehead atoms. The topological polar surface area (TPSA) is 91.9 Å². The third kappa shape index (κ3) is 3.47. The monoisotopic (exact) mass is 275 g/mol. The van der Waals surface area contributed by atoms with E-state index in [2.05, 4.69) is 25.8 Å². The summed E-state index contributed by atoms with van der Waals surface area (Å²) in [4.78, 5) is 15.6. The lowest BCUT2D eigenvalue weighted by Crippen LogP contribution is -2.34. The zero-order valence-corrected chi connectivity index (χ0v) is 11.4. The summed E-state index contributed by atoms with van der Waals surface area (Å²) >= 11 is 0. The van der Waals surface area contributed by atoms with Crippen LogP contribution in [0.4, 0.5) is 4.79 Å². The van der Waals surface area contributed by atoms with E-state index < -0.39 is 0 Å². The molecule has 0 atom stereocenters. The van der Waals surface area contributed by atoms with Crippen molar-refractivity contribution in [2.24, 2.45) is 0 Å². The summed E-state index contributed by atoms with van der Waals surface area (Å²) in [6.07, 6.45) is 0. The predicted molar refractivity (Wildman–Crippen MR) is 74.3 cm³/mol. The number of urea groups is 1. The molecule has 0 aliphatic heterocycles. The lowest BCUT2D eigenvalue weighted by atomic mass is 10.2. The van der Waals surface area contributed by atoms with Gasteiger partial charge in [-0.3, -0.25) is 5.10 Å². The van der Waals surface area contributed by atoms with Crippen molar-refractivity contribution in [3.8, 4) is 17.1 Å². The summed E-state index contributed by atoms with van der Waals surface area (Å²) < 4.78 is 5.10. The Morgan fingerprint density at radius 1 is 1.30 bits per heavy atom. The van der Waals surface area contributed by atoms with Gasteiger partial charge in [-0.2, -0.15) is 5.10 Å². The van der Waals surface area contributed by atoms with Crippen molar-refractivity contribution in [1.29, 1.82) is 0 Å². The summed E-state index contributed by atoms with van der Waals surface area (Å²) in [5.41, 5.74) is 0.881. The first kappa shape index (κ1) is 13.9. The Labute approximate surface area is 116 Å². The van der Waals surface area contributed by atoms with Crippen LogP contribution >= 0.6 is 0 Å². The van der Waals surface area contributed by atoms with Crippen LogP contribution in [-0.4, -0.2) is 34.9 Å². The molecule has 0 saturated heterocycles. The lowest BCUT2D eigenvalue weighted by Gasteiger charge is -2.02. The number of hydrogen-bond donors (Lipinski definition) is 3. The standard InChI is InChI=1S/C13H17N5O2/c1-3-14-13(19)15-8-11-16-12(18-17-11)9-4-6-10(20-2)7-5-9/h4-7H,3,8H2,1-2H3,(H2,14,15,19)(H,16,17,18). The molecule has 0 aliphatic carbocycles. The maximum Gasteiger partial charge on any atom is 0.315 e. The smallest absolute Gasteiger partial charge is 0.315 e. The maximum absolute atomic E-state index is 11.3. The summed E-state index contributed by atoms with van der Waals surface area (Å²) in [7, 11) is 1.62. The molecule has 0 fully saturated rings. The van der Waals surface area contributed by atoms with E-state index in [1.807, 2.05) is 31.2 Å².